The van der Waals surface area contributed by atoms with Gasteiger partial charge in [0.05, 0.1) is 28.5 Å². The number of sulfonamides is 1. The van der Waals surface area contributed by atoms with Crippen molar-refractivity contribution in [3.8, 4) is 0 Å². The van der Waals surface area contributed by atoms with Crippen LogP contribution in [0.4, 0.5) is 5.69 Å². The molecule has 3 rings (SSSR count). The number of anilines is 1. The van der Waals surface area contributed by atoms with Crippen molar-refractivity contribution in [1.82, 2.24) is 10.2 Å². The molecule has 172 valence electrons. The van der Waals surface area contributed by atoms with E-state index in [-0.39, 0.29) is 18.4 Å². The van der Waals surface area contributed by atoms with Gasteiger partial charge >= 0.3 is 0 Å². The Balaban J connectivity index is 1.63. The number of nitrogens with one attached hydrogen (secondary N) is 1. The number of carbonyl (C=O) groups is 2. The molecule has 0 atom stereocenters. The number of halogens is 2. The molecule has 0 radical (unpaired) electrons. The Morgan fingerprint density at radius 2 is 1.88 bits per heavy atom. The fourth-order valence-corrected chi connectivity index (χ4v) is 4.78. The molecule has 1 aliphatic rings. The van der Waals surface area contributed by atoms with E-state index < -0.39 is 10.0 Å². The fourth-order valence-electron chi connectivity index (χ4n) is 3.52. The van der Waals surface area contributed by atoms with Gasteiger partial charge in [-0.05, 0) is 48.7 Å². The Labute approximate surface area is 198 Å². The average Bonchev–Trinajstić information content (AvgIpc) is 3.16. The van der Waals surface area contributed by atoms with Gasteiger partial charge in [0.2, 0.25) is 15.9 Å². The molecule has 2 aromatic carbocycles. The van der Waals surface area contributed by atoms with E-state index in [1.165, 1.54) is 4.31 Å². The van der Waals surface area contributed by atoms with E-state index in [1.54, 1.807) is 42.5 Å². The van der Waals surface area contributed by atoms with Gasteiger partial charge in [0.25, 0.3) is 5.91 Å². The monoisotopic (exact) mass is 497 g/mol. The molecule has 2 aromatic rings. The first-order valence-electron chi connectivity index (χ1n) is 10.2. The van der Waals surface area contributed by atoms with Crippen LogP contribution in [0, 0.1) is 0 Å². The summed E-state index contributed by atoms with van der Waals surface area (Å²) in [5.41, 5.74) is 1.40. The molecule has 0 unspecified atom stereocenters. The van der Waals surface area contributed by atoms with Crippen molar-refractivity contribution in [2.45, 2.75) is 25.8 Å². The molecule has 0 bridgehead atoms. The van der Waals surface area contributed by atoms with Crippen LogP contribution in [0.5, 0.6) is 0 Å². The highest BCUT2D eigenvalue weighted by molar-refractivity contribution is 7.92. The van der Waals surface area contributed by atoms with Crippen molar-refractivity contribution in [3.05, 3.63) is 63.6 Å². The van der Waals surface area contributed by atoms with Crippen LogP contribution in [-0.4, -0.2) is 51.0 Å². The summed E-state index contributed by atoms with van der Waals surface area (Å²) in [7, 11) is -3.61. The normalized spacial score (nSPS) is 14.0. The summed E-state index contributed by atoms with van der Waals surface area (Å²) in [5, 5.41) is 3.48. The molecule has 7 nitrogen and oxygen atoms in total. The maximum absolute atomic E-state index is 12.4. The number of likely N-dealkylation sites (tertiary alicyclic amines) is 1. The predicted octanol–water partition coefficient (Wildman–Crippen LogP) is 3.70. The number of amides is 2. The molecule has 1 saturated heterocycles. The smallest absolute Gasteiger partial charge is 0.251 e. The molecule has 1 heterocycles. The second-order valence-electron chi connectivity index (χ2n) is 7.62. The minimum absolute atomic E-state index is 0.0129. The van der Waals surface area contributed by atoms with Gasteiger partial charge in [0.15, 0.2) is 0 Å². The summed E-state index contributed by atoms with van der Waals surface area (Å²) in [6.07, 6.45) is 3.28. The maximum atomic E-state index is 12.4. The third kappa shape index (κ3) is 6.15. The number of benzene rings is 2. The molecule has 0 saturated carbocycles. The average molecular weight is 498 g/mol. The zero-order valence-electron chi connectivity index (χ0n) is 17.7. The minimum atomic E-state index is -3.61. The number of nitrogens with zero attached hydrogens (tertiary/aromatic N) is 2. The highest BCUT2D eigenvalue weighted by Crippen LogP contribution is 2.29. The lowest BCUT2D eigenvalue weighted by molar-refractivity contribution is -0.127. The number of carbonyl (C=O) groups excluding carboxylic acids is 2. The van der Waals surface area contributed by atoms with Crippen LogP contribution >= 0.6 is 23.2 Å². The van der Waals surface area contributed by atoms with Crippen molar-refractivity contribution in [3.63, 3.8) is 0 Å². The lowest BCUT2D eigenvalue weighted by Crippen LogP contribution is -2.31. The van der Waals surface area contributed by atoms with Crippen LogP contribution in [0.25, 0.3) is 0 Å². The third-order valence-electron chi connectivity index (χ3n) is 5.23. The van der Waals surface area contributed by atoms with Crippen molar-refractivity contribution in [2.75, 3.05) is 30.2 Å². The number of rotatable bonds is 9. The zero-order valence-corrected chi connectivity index (χ0v) is 20.0. The van der Waals surface area contributed by atoms with E-state index in [0.29, 0.717) is 52.8 Å². The van der Waals surface area contributed by atoms with E-state index in [2.05, 4.69) is 5.32 Å². The summed E-state index contributed by atoms with van der Waals surface area (Å²) >= 11 is 12.3. The quantitative estimate of drug-likeness (QED) is 0.535. The summed E-state index contributed by atoms with van der Waals surface area (Å²) in [6, 6.07) is 11.4. The van der Waals surface area contributed by atoms with Gasteiger partial charge in [-0.3, -0.25) is 13.9 Å². The molecule has 0 aliphatic carbocycles. The van der Waals surface area contributed by atoms with Gasteiger partial charge in [0.1, 0.15) is 0 Å². The second kappa shape index (κ2) is 10.6. The first-order chi connectivity index (χ1) is 15.2. The second-order valence-corrected chi connectivity index (χ2v) is 10.3. The lowest BCUT2D eigenvalue weighted by atomic mass is 10.1. The Bertz CT molecular complexity index is 1090. The van der Waals surface area contributed by atoms with E-state index in [1.807, 2.05) is 4.90 Å². The van der Waals surface area contributed by atoms with Gasteiger partial charge in [-0.2, -0.15) is 0 Å². The Hall–Kier alpha value is -2.29. The van der Waals surface area contributed by atoms with Gasteiger partial charge in [-0.1, -0.05) is 35.3 Å². The molecule has 0 aromatic heterocycles. The Morgan fingerprint density at radius 1 is 1.16 bits per heavy atom. The molecule has 1 N–H and O–H groups in total. The fraction of sp³-hybridized carbons (Fsp3) is 0.364. The van der Waals surface area contributed by atoms with Crippen LogP contribution in [0.15, 0.2) is 42.5 Å². The Kier molecular flexibility index (Phi) is 8.03. The van der Waals surface area contributed by atoms with Crippen molar-refractivity contribution < 1.29 is 18.0 Å². The molecule has 2 amide bonds. The first kappa shape index (κ1) is 24.4. The zero-order chi connectivity index (χ0) is 23.3. The molecule has 10 heteroatoms. The summed E-state index contributed by atoms with van der Waals surface area (Å²) < 4.78 is 26.0. The molecular weight excluding hydrogens is 473 g/mol. The summed E-state index contributed by atoms with van der Waals surface area (Å²) in [6.45, 7) is 1.88. The van der Waals surface area contributed by atoms with E-state index >= 15 is 0 Å². The molecule has 32 heavy (non-hydrogen) atoms. The standard InChI is InChI=1S/C22H25Cl2N3O4S/c1-32(30,31)27(15-17-5-2-6-19(23)21(17)24)18-10-8-16(9-11-18)22(29)25-12-4-14-26-13-3-7-20(26)28/h2,5-6,8-11H,3-4,7,12-15H2,1H3,(H,25,29). The van der Waals surface area contributed by atoms with Gasteiger partial charge in [-0.25, -0.2) is 8.42 Å². The molecule has 1 aliphatic heterocycles. The van der Waals surface area contributed by atoms with Crippen LogP contribution in [0.2, 0.25) is 10.0 Å². The number of hydrogen-bond donors (Lipinski definition) is 1. The first-order valence-corrected chi connectivity index (χ1v) is 12.8. The highest BCUT2D eigenvalue weighted by atomic mass is 35.5. The van der Waals surface area contributed by atoms with E-state index in [9.17, 15) is 18.0 Å². The Morgan fingerprint density at radius 3 is 2.50 bits per heavy atom. The summed E-state index contributed by atoms with van der Waals surface area (Å²) in [4.78, 5) is 25.8. The minimum Gasteiger partial charge on any atom is -0.352 e. The lowest BCUT2D eigenvalue weighted by Gasteiger charge is -2.23. The number of hydrogen-bond acceptors (Lipinski definition) is 4. The van der Waals surface area contributed by atoms with Gasteiger partial charge in [0, 0.05) is 31.6 Å². The molecule has 0 spiro atoms. The van der Waals surface area contributed by atoms with Gasteiger partial charge < -0.3 is 10.2 Å². The summed E-state index contributed by atoms with van der Waals surface area (Å²) in [5.74, 6) is -0.0884. The van der Waals surface area contributed by atoms with E-state index in [0.717, 1.165) is 19.2 Å². The van der Waals surface area contributed by atoms with Crippen LogP contribution in [0.1, 0.15) is 35.2 Å². The topological polar surface area (TPSA) is 86.8 Å². The maximum Gasteiger partial charge on any atom is 0.251 e. The van der Waals surface area contributed by atoms with Gasteiger partial charge in [-0.15, -0.1) is 0 Å². The van der Waals surface area contributed by atoms with Crippen molar-refractivity contribution >= 4 is 50.7 Å². The van der Waals surface area contributed by atoms with E-state index in [4.69, 9.17) is 23.2 Å². The molecule has 1 fully saturated rings. The molecular formula is C22H25Cl2N3O4S. The predicted molar refractivity (Wildman–Crippen MR) is 127 cm³/mol. The largest absolute Gasteiger partial charge is 0.352 e. The van der Waals surface area contributed by atoms with Crippen LogP contribution in [0.3, 0.4) is 0 Å². The van der Waals surface area contributed by atoms with Crippen LogP contribution in [-0.2, 0) is 21.4 Å². The van der Waals surface area contributed by atoms with Crippen molar-refractivity contribution in [1.29, 1.82) is 0 Å². The van der Waals surface area contributed by atoms with Crippen molar-refractivity contribution in [2.24, 2.45) is 0 Å². The highest BCUT2D eigenvalue weighted by Gasteiger charge is 2.21. The SMILES string of the molecule is CS(=O)(=O)N(Cc1cccc(Cl)c1Cl)c1ccc(C(=O)NCCCN2CCCC2=O)cc1. The third-order valence-corrected chi connectivity index (χ3v) is 7.22. The van der Waals surface area contributed by atoms with Crippen LogP contribution < -0.4 is 9.62 Å².